The molecule has 9 nitrogen and oxygen atoms in total. The number of nitrogens with one attached hydrogen (secondary N) is 2. The summed E-state index contributed by atoms with van der Waals surface area (Å²) in [7, 11) is 1.20. The Morgan fingerprint density at radius 1 is 0.947 bits per heavy atom. The van der Waals surface area contributed by atoms with E-state index in [1.807, 2.05) is 0 Å². The molecular weight excluding hydrogens is 493 g/mol. The number of hydrogen-bond acceptors (Lipinski definition) is 6. The standard InChI is InChI=1S/C28H32FN3O6/c1-17(33)30-22(14-18-10-12-20(29)13-11-18)25(34)31-23(26(35)37-5)15-19-16-32(27(36)38-28(2,3)4)24-9-7-6-8-21(19)24/h6-13,16,22-23H,14-15H2,1-5H3,(H,30,33)(H,31,34)/t22-,23-/m1/s1. The van der Waals surface area contributed by atoms with E-state index in [1.54, 1.807) is 51.2 Å². The van der Waals surface area contributed by atoms with E-state index in [4.69, 9.17) is 9.47 Å². The lowest BCUT2D eigenvalue weighted by atomic mass is 10.0. The van der Waals surface area contributed by atoms with Gasteiger partial charge in [0.05, 0.1) is 12.6 Å². The number of halogens is 1. The zero-order chi connectivity index (χ0) is 28.0. The maximum absolute atomic E-state index is 13.3. The van der Waals surface area contributed by atoms with Crippen LogP contribution in [0.2, 0.25) is 0 Å². The van der Waals surface area contributed by atoms with Crippen LogP contribution in [0.1, 0.15) is 38.8 Å². The normalized spacial score (nSPS) is 12.9. The summed E-state index contributed by atoms with van der Waals surface area (Å²) < 4.78 is 25.1. The van der Waals surface area contributed by atoms with Gasteiger partial charge in [0.15, 0.2) is 0 Å². The molecule has 0 spiro atoms. The van der Waals surface area contributed by atoms with E-state index in [0.717, 1.165) is 0 Å². The lowest BCUT2D eigenvalue weighted by molar-refractivity contribution is -0.145. The molecule has 0 fully saturated rings. The summed E-state index contributed by atoms with van der Waals surface area (Å²) in [5.74, 6) is -2.18. The van der Waals surface area contributed by atoms with Crippen molar-refractivity contribution in [1.29, 1.82) is 0 Å². The molecule has 2 N–H and O–H groups in total. The van der Waals surface area contributed by atoms with Crippen molar-refractivity contribution in [1.82, 2.24) is 15.2 Å². The molecule has 0 saturated heterocycles. The number of amides is 2. The molecule has 0 bridgehead atoms. The first-order chi connectivity index (χ1) is 17.9. The van der Waals surface area contributed by atoms with Gasteiger partial charge in [0, 0.05) is 31.3 Å². The van der Waals surface area contributed by atoms with E-state index in [1.165, 1.54) is 42.9 Å². The molecule has 2 aromatic carbocycles. The SMILES string of the molecule is COC(=O)[C@@H](Cc1cn(C(=O)OC(C)(C)C)c2ccccc12)NC(=O)[C@@H](Cc1ccc(F)cc1)NC(C)=O. The molecule has 3 aromatic rings. The zero-order valence-electron chi connectivity index (χ0n) is 22.0. The molecule has 2 amide bonds. The van der Waals surface area contributed by atoms with Gasteiger partial charge in [-0.1, -0.05) is 30.3 Å². The van der Waals surface area contributed by atoms with E-state index < -0.39 is 47.4 Å². The summed E-state index contributed by atoms with van der Waals surface area (Å²) in [4.78, 5) is 50.5. The molecule has 1 aromatic heterocycles. The quantitative estimate of drug-likeness (QED) is 0.435. The molecule has 0 unspecified atom stereocenters. The van der Waals surface area contributed by atoms with Gasteiger partial charge in [-0.05, 0) is 50.1 Å². The third kappa shape index (κ3) is 7.41. The summed E-state index contributed by atoms with van der Waals surface area (Å²) in [5, 5.41) is 5.94. The maximum Gasteiger partial charge on any atom is 0.419 e. The molecule has 0 aliphatic heterocycles. The van der Waals surface area contributed by atoms with Crippen LogP contribution in [0.15, 0.2) is 54.7 Å². The van der Waals surface area contributed by atoms with E-state index in [9.17, 15) is 23.6 Å². The van der Waals surface area contributed by atoms with Crippen molar-refractivity contribution >= 4 is 34.8 Å². The number of hydrogen-bond donors (Lipinski definition) is 2. The third-order valence-corrected chi connectivity index (χ3v) is 5.66. The van der Waals surface area contributed by atoms with Gasteiger partial charge in [-0.2, -0.15) is 0 Å². The van der Waals surface area contributed by atoms with Crippen LogP contribution in [0.3, 0.4) is 0 Å². The largest absolute Gasteiger partial charge is 0.467 e. The lowest BCUT2D eigenvalue weighted by Crippen LogP contribution is -2.53. The number of methoxy groups -OCH3 is 1. The minimum absolute atomic E-state index is 0.0120. The second kappa shape index (κ2) is 11.9. The van der Waals surface area contributed by atoms with Crippen molar-refractivity contribution in [2.45, 2.75) is 58.2 Å². The Balaban J connectivity index is 1.88. The van der Waals surface area contributed by atoms with Gasteiger partial charge in [-0.25, -0.2) is 14.0 Å². The number of fused-ring (bicyclic) bond motifs is 1. The van der Waals surface area contributed by atoms with E-state index in [2.05, 4.69) is 10.6 Å². The molecule has 1 heterocycles. The average Bonchev–Trinajstić information content (AvgIpc) is 3.21. The number of ether oxygens (including phenoxy) is 2. The van der Waals surface area contributed by atoms with Gasteiger partial charge < -0.3 is 20.1 Å². The molecule has 0 saturated carbocycles. The second-order valence-electron chi connectivity index (χ2n) is 9.89. The first-order valence-electron chi connectivity index (χ1n) is 12.1. The Bertz CT molecular complexity index is 1330. The van der Waals surface area contributed by atoms with Crippen LogP contribution in [-0.4, -0.2) is 53.2 Å². The lowest BCUT2D eigenvalue weighted by Gasteiger charge is -2.22. The monoisotopic (exact) mass is 525 g/mol. The van der Waals surface area contributed by atoms with Gasteiger partial charge >= 0.3 is 12.1 Å². The number of esters is 1. The van der Waals surface area contributed by atoms with Crippen LogP contribution < -0.4 is 10.6 Å². The number of para-hydroxylation sites is 1. The molecule has 0 aliphatic carbocycles. The Morgan fingerprint density at radius 3 is 2.21 bits per heavy atom. The van der Waals surface area contributed by atoms with Gasteiger partial charge in [0.1, 0.15) is 23.5 Å². The zero-order valence-corrected chi connectivity index (χ0v) is 22.0. The van der Waals surface area contributed by atoms with Gasteiger partial charge in [-0.3, -0.25) is 14.2 Å². The summed E-state index contributed by atoms with van der Waals surface area (Å²) in [6, 6.07) is 10.5. The highest BCUT2D eigenvalue weighted by molar-refractivity contribution is 5.94. The van der Waals surface area contributed by atoms with Crippen LogP contribution in [0.25, 0.3) is 10.9 Å². The highest BCUT2D eigenvalue weighted by Gasteiger charge is 2.29. The number of carbonyl (C=O) groups is 4. The summed E-state index contributed by atoms with van der Waals surface area (Å²) >= 11 is 0. The number of nitrogens with zero attached hydrogens (tertiary/aromatic N) is 1. The number of carbonyl (C=O) groups excluding carboxylic acids is 4. The molecule has 202 valence electrons. The van der Waals surface area contributed by atoms with Crippen LogP contribution in [0.5, 0.6) is 0 Å². The number of rotatable bonds is 8. The summed E-state index contributed by atoms with van der Waals surface area (Å²) in [6.07, 6.45) is 1.09. The van der Waals surface area contributed by atoms with Crippen molar-refractivity contribution < 1.29 is 33.0 Å². The van der Waals surface area contributed by atoms with Crippen LogP contribution in [-0.2, 0) is 36.7 Å². The fraction of sp³-hybridized carbons (Fsp3) is 0.357. The fourth-order valence-electron chi connectivity index (χ4n) is 4.01. The van der Waals surface area contributed by atoms with Gasteiger partial charge in [0.25, 0.3) is 0 Å². The van der Waals surface area contributed by atoms with Crippen molar-refractivity contribution in [2.24, 2.45) is 0 Å². The minimum atomic E-state index is -1.12. The molecule has 10 heteroatoms. The highest BCUT2D eigenvalue weighted by Crippen LogP contribution is 2.24. The second-order valence-corrected chi connectivity index (χ2v) is 9.89. The van der Waals surface area contributed by atoms with Crippen molar-refractivity contribution in [3.8, 4) is 0 Å². The molecule has 0 radical (unpaired) electrons. The molecule has 0 aliphatic rings. The first-order valence-corrected chi connectivity index (χ1v) is 12.1. The Labute approximate surface area is 220 Å². The van der Waals surface area contributed by atoms with Crippen molar-refractivity contribution in [3.05, 3.63) is 71.7 Å². The molecular formula is C28H32FN3O6. The van der Waals surface area contributed by atoms with E-state index in [-0.39, 0.29) is 12.8 Å². The molecule has 2 atom stereocenters. The first kappa shape index (κ1) is 28.4. The van der Waals surface area contributed by atoms with E-state index in [0.29, 0.717) is 22.0 Å². The highest BCUT2D eigenvalue weighted by atomic mass is 19.1. The van der Waals surface area contributed by atoms with Crippen molar-refractivity contribution in [3.63, 3.8) is 0 Å². The number of aromatic nitrogens is 1. The van der Waals surface area contributed by atoms with Crippen molar-refractivity contribution in [2.75, 3.05) is 7.11 Å². The average molecular weight is 526 g/mol. The number of benzene rings is 2. The summed E-state index contributed by atoms with van der Waals surface area (Å²) in [6.45, 7) is 6.56. The third-order valence-electron chi connectivity index (χ3n) is 5.66. The maximum atomic E-state index is 13.3. The van der Waals surface area contributed by atoms with Crippen LogP contribution in [0, 0.1) is 5.82 Å². The van der Waals surface area contributed by atoms with Crippen LogP contribution in [0.4, 0.5) is 9.18 Å². The predicted octanol–water partition coefficient (Wildman–Crippen LogP) is 3.51. The van der Waals surface area contributed by atoms with Crippen LogP contribution >= 0.6 is 0 Å². The Kier molecular flexibility index (Phi) is 8.88. The minimum Gasteiger partial charge on any atom is -0.467 e. The topological polar surface area (TPSA) is 116 Å². The Hall–Kier alpha value is -4.21. The fourth-order valence-corrected chi connectivity index (χ4v) is 4.01. The predicted molar refractivity (Wildman–Crippen MR) is 139 cm³/mol. The van der Waals surface area contributed by atoms with E-state index >= 15 is 0 Å². The molecule has 3 rings (SSSR count). The van der Waals surface area contributed by atoms with Gasteiger partial charge in [0.2, 0.25) is 11.8 Å². The Morgan fingerprint density at radius 2 is 1.61 bits per heavy atom. The smallest absolute Gasteiger partial charge is 0.419 e. The summed E-state index contributed by atoms with van der Waals surface area (Å²) in [5.41, 5.74) is 1.10. The van der Waals surface area contributed by atoms with Gasteiger partial charge in [-0.15, -0.1) is 0 Å². The molecule has 38 heavy (non-hydrogen) atoms.